The van der Waals surface area contributed by atoms with E-state index < -0.39 is 5.41 Å². The van der Waals surface area contributed by atoms with Crippen molar-refractivity contribution < 1.29 is 24.2 Å². The van der Waals surface area contributed by atoms with Crippen molar-refractivity contribution in [3.05, 3.63) is 35.9 Å². The highest BCUT2D eigenvalue weighted by Crippen LogP contribution is 2.76. The summed E-state index contributed by atoms with van der Waals surface area (Å²) in [5, 5.41) is 11.1. The lowest BCUT2D eigenvalue weighted by molar-refractivity contribution is -0.234. The van der Waals surface area contributed by atoms with Gasteiger partial charge in [-0.05, 0) is 86.2 Å². The first-order valence-electron chi connectivity index (χ1n) is 12.6. The number of aliphatic hydroxyl groups is 1. The fourth-order valence-electron chi connectivity index (χ4n) is 9.08. The molecule has 180 valence electrons. The van der Waals surface area contributed by atoms with Gasteiger partial charge in [0.25, 0.3) is 0 Å². The Labute approximate surface area is 197 Å². The van der Waals surface area contributed by atoms with Gasteiger partial charge in [0.1, 0.15) is 6.10 Å². The monoisotopic (exact) mass is 454 g/mol. The first-order valence-corrected chi connectivity index (χ1v) is 12.6. The van der Waals surface area contributed by atoms with Crippen molar-refractivity contribution in [1.82, 2.24) is 0 Å². The highest BCUT2D eigenvalue weighted by Gasteiger charge is 2.73. The molecule has 4 aliphatic carbocycles. The molecule has 0 saturated heterocycles. The Kier molecular flexibility index (Phi) is 5.24. The zero-order chi connectivity index (χ0) is 23.6. The molecule has 8 atom stereocenters. The van der Waals surface area contributed by atoms with E-state index in [-0.39, 0.29) is 52.2 Å². The predicted octanol–water partition coefficient (Wildman–Crippen LogP) is 5.16. The van der Waals surface area contributed by atoms with Crippen molar-refractivity contribution in [1.29, 1.82) is 0 Å². The molecule has 1 spiro atoms. The number of hydrogen-bond donors (Lipinski definition) is 1. The van der Waals surface area contributed by atoms with Crippen LogP contribution in [0, 0.1) is 33.5 Å². The van der Waals surface area contributed by atoms with Gasteiger partial charge in [0.15, 0.2) is 0 Å². The molecule has 1 N–H and O–H groups in total. The summed E-state index contributed by atoms with van der Waals surface area (Å²) in [6, 6.07) is 9.12. The Morgan fingerprint density at radius 2 is 1.73 bits per heavy atom. The van der Waals surface area contributed by atoms with E-state index in [4.69, 9.17) is 9.47 Å². The van der Waals surface area contributed by atoms with Gasteiger partial charge in [-0.1, -0.05) is 38.5 Å². The summed E-state index contributed by atoms with van der Waals surface area (Å²) in [5.74, 6) is -0.333. The van der Waals surface area contributed by atoms with Crippen molar-refractivity contribution in [3.63, 3.8) is 0 Å². The third kappa shape index (κ3) is 3.07. The van der Waals surface area contributed by atoms with Crippen LogP contribution in [0.5, 0.6) is 0 Å². The van der Waals surface area contributed by atoms with Gasteiger partial charge in [-0.25, -0.2) is 4.79 Å². The molecule has 0 radical (unpaired) electrons. The number of benzene rings is 1. The number of methoxy groups -OCH3 is 1. The molecule has 5 rings (SSSR count). The van der Waals surface area contributed by atoms with E-state index in [1.807, 2.05) is 25.1 Å². The second-order valence-corrected chi connectivity index (χ2v) is 12.1. The number of carbonyl (C=O) groups is 2. The summed E-state index contributed by atoms with van der Waals surface area (Å²) in [5.41, 5.74) is -0.310. The van der Waals surface area contributed by atoms with Gasteiger partial charge >= 0.3 is 11.9 Å². The molecular weight excluding hydrogens is 416 g/mol. The van der Waals surface area contributed by atoms with Crippen LogP contribution in [-0.2, 0) is 14.3 Å². The molecule has 5 nitrogen and oxygen atoms in total. The van der Waals surface area contributed by atoms with Crippen LogP contribution in [0.1, 0.15) is 82.5 Å². The van der Waals surface area contributed by atoms with Crippen molar-refractivity contribution in [2.75, 3.05) is 7.11 Å². The third-order valence-electron chi connectivity index (χ3n) is 10.7. The van der Waals surface area contributed by atoms with Gasteiger partial charge in [-0.2, -0.15) is 0 Å². The van der Waals surface area contributed by atoms with E-state index in [1.54, 1.807) is 12.1 Å². The van der Waals surface area contributed by atoms with Gasteiger partial charge in [0.05, 0.1) is 24.2 Å². The van der Waals surface area contributed by atoms with Crippen molar-refractivity contribution in [2.45, 2.75) is 84.3 Å². The predicted molar refractivity (Wildman–Crippen MR) is 124 cm³/mol. The molecule has 0 unspecified atom stereocenters. The van der Waals surface area contributed by atoms with Crippen LogP contribution >= 0.6 is 0 Å². The minimum absolute atomic E-state index is 0.0588. The van der Waals surface area contributed by atoms with Crippen molar-refractivity contribution in [3.8, 4) is 0 Å². The fourth-order valence-corrected chi connectivity index (χ4v) is 9.08. The van der Waals surface area contributed by atoms with Gasteiger partial charge < -0.3 is 14.6 Å². The molecule has 0 aromatic heterocycles. The molecule has 2 bridgehead atoms. The summed E-state index contributed by atoms with van der Waals surface area (Å²) >= 11 is 0. The van der Waals surface area contributed by atoms with E-state index in [0.29, 0.717) is 12.0 Å². The molecule has 5 heteroatoms. The van der Waals surface area contributed by atoms with Gasteiger partial charge in [0, 0.05) is 5.92 Å². The highest BCUT2D eigenvalue weighted by molar-refractivity contribution is 5.89. The van der Waals surface area contributed by atoms with E-state index in [9.17, 15) is 14.7 Å². The van der Waals surface area contributed by atoms with Crippen LogP contribution in [0.3, 0.4) is 0 Å². The normalized spacial score (nSPS) is 46.1. The molecule has 4 aliphatic rings. The summed E-state index contributed by atoms with van der Waals surface area (Å²) in [6.07, 6.45) is 6.60. The largest absolute Gasteiger partial charge is 0.469 e. The molecule has 0 heterocycles. The topological polar surface area (TPSA) is 72.8 Å². The van der Waals surface area contributed by atoms with E-state index in [1.165, 1.54) is 7.11 Å². The molecule has 1 aromatic rings. The number of aliphatic hydroxyl groups excluding tert-OH is 1. The number of hydrogen-bond acceptors (Lipinski definition) is 5. The van der Waals surface area contributed by atoms with Crippen LogP contribution < -0.4 is 0 Å². The Morgan fingerprint density at radius 1 is 1.00 bits per heavy atom. The molecule has 0 amide bonds. The molecule has 1 aromatic carbocycles. The number of ether oxygens (including phenoxy) is 2. The van der Waals surface area contributed by atoms with E-state index in [2.05, 4.69) is 13.8 Å². The fraction of sp³-hybridized carbons (Fsp3) is 0.714. The maximum atomic E-state index is 13.3. The lowest BCUT2D eigenvalue weighted by Crippen LogP contribution is -2.66. The van der Waals surface area contributed by atoms with Crippen LogP contribution in [0.2, 0.25) is 0 Å². The van der Waals surface area contributed by atoms with Crippen LogP contribution in [0.15, 0.2) is 30.3 Å². The summed E-state index contributed by atoms with van der Waals surface area (Å²) in [7, 11) is 1.47. The quantitative estimate of drug-likeness (QED) is 0.639. The smallest absolute Gasteiger partial charge is 0.338 e. The summed E-state index contributed by atoms with van der Waals surface area (Å²) < 4.78 is 11.6. The van der Waals surface area contributed by atoms with Crippen LogP contribution in [-0.4, -0.2) is 36.4 Å². The molecule has 4 fully saturated rings. The summed E-state index contributed by atoms with van der Waals surface area (Å²) in [6.45, 7) is 6.63. The number of rotatable bonds is 3. The molecule has 33 heavy (non-hydrogen) atoms. The maximum absolute atomic E-state index is 13.3. The van der Waals surface area contributed by atoms with Gasteiger partial charge in [0.2, 0.25) is 0 Å². The number of carbonyl (C=O) groups excluding carboxylic acids is 2. The zero-order valence-electron chi connectivity index (χ0n) is 20.4. The van der Waals surface area contributed by atoms with Crippen molar-refractivity contribution >= 4 is 11.9 Å². The van der Waals surface area contributed by atoms with Gasteiger partial charge in [-0.3, -0.25) is 4.79 Å². The molecule has 0 aliphatic heterocycles. The van der Waals surface area contributed by atoms with Crippen LogP contribution in [0.4, 0.5) is 0 Å². The Hall–Kier alpha value is -1.88. The standard InChI is InChI=1S/C28H38O5/c1-25-13-14-28(17-25)19(16-21(25)29)15-20(33-23(30)18-9-6-5-7-10-18)22-26(2,24(31)32-4)11-8-12-27(22,28)3/h5-7,9-10,19-22,29H,8,11-17H2,1-4H3/t19-,20+,21-,22-,25-,26+,27-,28-/m0/s1. The minimum atomic E-state index is -0.696. The highest BCUT2D eigenvalue weighted by atomic mass is 16.5. The Balaban J connectivity index is 1.59. The lowest BCUT2D eigenvalue weighted by atomic mass is 9.37. The number of fused-ring (bicyclic) bond motifs is 2. The maximum Gasteiger partial charge on any atom is 0.338 e. The van der Waals surface area contributed by atoms with Gasteiger partial charge in [-0.15, -0.1) is 0 Å². The van der Waals surface area contributed by atoms with Crippen molar-refractivity contribution in [2.24, 2.45) is 33.5 Å². The Morgan fingerprint density at radius 3 is 2.42 bits per heavy atom. The first-order chi connectivity index (χ1) is 15.6. The second kappa shape index (κ2) is 7.56. The first kappa shape index (κ1) is 22.9. The average molecular weight is 455 g/mol. The van der Waals surface area contributed by atoms with Crippen LogP contribution in [0.25, 0.3) is 0 Å². The SMILES string of the molecule is COC(=O)[C@]1(C)CCC[C@@]2(C)[C@H]1[C@H](OC(=O)c1ccccc1)C[C@H]1C[C@H](O)[C@@]3(C)CC[C@]12C3. The number of esters is 2. The van der Waals surface area contributed by atoms with E-state index >= 15 is 0 Å². The zero-order valence-corrected chi connectivity index (χ0v) is 20.4. The molecule has 4 saturated carbocycles. The third-order valence-corrected chi connectivity index (χ3v) is 10.7. The summed E-state index contributed by atoms with van der Waals surface area (Å²) in [4.78, 5) is 26.4. The second-order valence-electron chi connectivity index (χ2n) is 12.1. The Bertz CT molecular complexity index is 945. The lowest BCUT2D eigenvalue weighted by Gasteiger charge is -2.67. The van der Waals surface area contributed by atoms with E-state index in [0.717, 1.165) is 44.9 Å². The average Bonchev–Trinajstić information content (AvgIpc) is 3.13. The minimum Gasteiger partial charge on any atom is -0.469 e. The molecular formula is C28H38O5.